The smallest absolute Gasteiger partial charge is 0.337 e. The molecular formula is C13H14Cl2N2O4. The first-order valence-corrected chi connectivity index (χ1v) is 6.99. The van der Waals surface area contributed by atoms with Crippen LogP contribution in [0.1, 0.15) is 23.2 Å². The number of nitrogens with one attached hydrogen (secondary N) is 2. The third kappa shape index (κ3) is 3.78. The van der Waals surface area contributed by atoms with Crippen LogP contribution in [0.2, 0.25) is 10.0 Å². The number of carbonyl (C=O) groups is 2. The summed E-state index contributed by atoms with van der Waals surface area (Å²) in [5.41, 5.74) is -0.139. The number of carbonyl (C=O) groups excluding carboxylic acids is 1. The standard InChI is InChI=1S/C13H14Cl2N2O4/c1-21-8-4-7(5-8)16-13(20)17-11-9(12(18)19)2-6(14)3-10(11)15/h2-3,7-8H,4-5H2,1H3,(H,18,19)(H2,16,17,20). The zero-order valence-electron chi connectivity index (χ0n) is 11.2. The maximum Gasteiger partial charge on any atom is 0.337 e. The lowest BCUT2D eigenvalue weighted by Crippen LogP contribution is -2.48. The molecular weight excluding hydrogens is 319 g/mol. The number of amides is 2. The number of benzene rings is 1. The maximum absolute atomic E-state index is 11.9. The lowest BCUT2D eigenvalue weighted by molar-refractivity contribution is 0.0210. The second kappa shape index (κ2) is 6.51. The molecule has 1 aromatic rings. The number of aromatic carboxylic acids is 1. The second-order valence-corrected chi connectivity index (χ2v) is 5.58. The van der Waals surface area contributed by atoms with Crippen molar-refractivity contribution >= 4 is 40.9 Å². The molecule has 0 unspecified atom stereocenters. The molecule has 0 radical (unpaired) electrons. The van der Waals surface area contributed by atoms with Gasteiger partial charge >= 0.3 is 12.0 Å². The number of ether oxygens (including phenoxy) is 1. The van der Waals surface area contributed by atoms with Crippen LogP contribution in [0, 0.1) is 0 Å². The number of carboxylic acids is 1. The molecule has 0 aromatic heterocycles. The van der Waals surface area contributed by atoms with Gasteiger partial charge in [-0.05, 0) is 25.0 Å². The first kappa shape index (κ1) is 15.9. The van der Waals surface area contributed by atoms with E-state index in [1.165, 1.54) is 12.1 Å². The van der Waals surface area contributed by atoms with Crippen molar-refractivity contribution in [2.75, 3.05) is 12.4 Å². The van der Waals surface area contributed by atoms with Crippen molar-refractivity contribution < 1.29 is 19.4 Å². The Labute approximate surface area is 131 Å². The lowest BCUT2D eigenvalue weighted by Gasteiger charge is -2.34. The summed E-state index contributed by atoms with van der Waals surface area (Å²) in [4.78, 5) is 23.0. The van der Waals surface area contributed by atoms with Gasteiger partial charge in [0.2, 0.25) is 0 Å². The number of halogens is 2. The van der Waals surface area contributed by atoms with Gasteiger partial charge in [-0.2, -0.15) is 0 Å². The Hall–Kier alpha value is -1.50. The third-order valence-electron chi connectivity index (χ3n) is 3.29. The Balaban J connectivity index is 2.05. The van der Waals surface area contributed by atoms with Gasteiger partial charge in [-0.1, -0.05) is 23.2 Å². The van der Waals surface area contributed by atoms with Crippen molar-refractivity contribution in [2.45, 2.75) is 25.0 Å². The molecule has 2 rings (SSSR count). The molecule has 3 N–H and O–H groups in total. The molecule has 1 aliphatic carbocycles. The summed E-state index contributed by atoms with van der Waals surface area (Å²) in [6.45, 7) is 0. The number of rotatable bonds is 4. The SMILES string of the molecule is COC1CC(NC(=O)Nc2c(Cl)cc(Cl)cc2C(=O)O)C1. The Morgan fingerprint density at radius 3 is 2.57 bits per heavy atom. The lowest BCUT2D eigenvalue weighted by atomic mass is 9.89. The molecule has 1 aliphatic rings. The fraction of sp³-hybridized carbons (Fsp3) is 0.385. The number of carboxylic acid groups (broad SMARTS) is 1. The van der Waals surface area contributed by atoms with Crippen molar-refractivity contribution in [3.63, 3.8) is 0 Å². The monoisotopic (exact) mass is 332 g/mol. The molecule has 0 aliphatic heterocycles. The molecule has 0 bridgehead atoms. The van der Waals surface area contributed by atoms with E-state index < -0.39 is 12.0 Å². The summed E-state index contributed by atoms with van der Waals surface area (Å²) in [6.07, 6.45) is 1.61. The van der Waals surface area contributed by atoms with Gasteiger partial charge in [0, 0.05) is 18.2 Å². The highest BCUT2D eigenvalue weighted by molar-refractivity contribution is 6.37. The van der Waals surface area contributed by atoms with E-state index in [1.807, 2.05) is 0 Å². The quantitative estimate of drug-likeness (QED) is 0.790. The zero-order valence-corrected chi connectivity index (χ0v) is 12.7. The van der Waals surface area contributed by atoms with Gasteiger partial charge in [0.15, 0.2) is 0 Å². The minimum absolute atomic E-state index is 0.00861. The summed E-state index contributed by atoms with van der Waals surface area (Å²) < 4.78 is 5.11. The normalized spacial score (nSPS) is 20.5. The summed E-state index contributed by atoms with van der Waals surface area (Å²) in [5, 5.41) is 14.6. The average Bonchev–Trinajstić information content (AvgIpc) is 2.35. The van der Waals surface area contributed by atoms with E-state index in [2.05, 4.69) is 10.6 Å². The number of methoxy groups -OCH3 is 1. The fourth-order valence-corrected chi connectivity index (χ4v) is 2.62. The molecule has 8 heteroatoms. The first-order chi connectivity index (χ1) is 9.90. The van der Waals surface area contributed by atoms with E-state index in [0.29, 0.717) is 0 Å². The Morgan fingerprint density at radius 1 is 1.33 bits per heavy atom. The van der Waals surface area contributed by atoms with Gasteiger partial charge < -0.3 is 20.5 Å². The topological polar surface area (TPSA) is 87.7 Å². The highest BCUT2D eigenvalue weighted by atomic mass is 35.5. The molecule has 0 spiro atoms. The number of hydrogen-bond donors (Lipinski definition) is 3. The number of hydrogen-bond acceptors (Lipinski definition) is 3. The summed E-state index contributed by atoms with van der Waals surface area (Å²) in [5.74, 6) is -1.22. The van der Waals surface area contributed by atoms with Gasteiger partial charge in [-0.15, -0.1) is 0 Å². The minimum atomic E-state index is -1.22. The van der Waals surface area contributed by atoms with Crippen LogP contribution in [0.3, 0.4) is 0 Å². The van der Waals surface area contributed by atoms with Crippen molar-refractivity contribution in [1.82, 2.24) is 5.32 Å². The Morgan fingerprint density at radius 2 is 2.00 bits per heavy atom. The van der Waals surface area contributed by atoms with Crippen molar-refractivity contribution in [3.05, 3.63) is 27.7 Å². The van der Waals surface area contributed by atoms with E-state index in [9.17, 15) is 9.59 Å². The van der Waals surface area contributed by atoms with Crippen LogP contribution >= 0.6 is 23.2 Å². The van der Waals surface area contributed by atoms with Crippen LogP contribution in [-0.4, -0.2) is 36.4 Å². The fourth-order valence-electron chi connectivity index (χ4n) is 2.08. The molecule has 1 fully saturated rings. The first-order valence-electron chi connectivity index (χ1n) is 6.23. The Kier molecular flexibility index (Phi) is 4.92. The minimum Gasteiger partial charge on any atom is -0.478 e. The van der Waals surface area contributed by atoms with Gasteiger partial charge in [0.1, 0.15) is 0 Å². The van der Waals surface area contributed by atoms with Crippen molar-refractivity contribution in [3.8, 4) is 0 Å². The predicted molar refractivity (Wildman–Crippen MR) is 79.4 cm³/mol. The van der Waals surface area contributed by atoms with Gasteiger partial charge in [-0.25, -0.2) is 9.59 Å². The van der Waals surface area contributed by atoms with Crippen LogP contribution in [0.5, 0.6) is 0 Å². The molecule has 0 heterocycles. The van der Waals surface area contributed by atoms with Gasteiger partial charge in [-0.3, -0.25) is 0 Å². The molecule has 21 heavy (non-hydrogen) atoms. The van der Waals surface area contributed by atoms with E-state index in [0.717, 1.165) is 12.8 Å². The van der Waals surface area contributed by atoms with Crippen LogP contribution < -0.4 is 10.6 Å². The highest BCUT2D eigenvalue weighted by Crippen LogP contribution is 2.30. The van der Waals surface area contributed by atoms with Crippen molar-refractivity contribution in [1.29, 1.82) is 0 Å². The maximum atomic E-state index is 11.9. The zero-order chi connectivity index (χ0) is 15.6. The average molecular weight is 333 g/mol. The predicted octanol–water partition coefficient (Wildman–Crippen LogP) is 2.99. The van der Waals surface area contributed by atoms with E-state index in [-0.39, 0.29) is 33.4 Å². The summed E-state index contributed by atoms with van der Waals surface area (Å²) in [6, 6.07) is 2.10. The third-order valence-corrected chi connectivity index (χ3v) is 3.80. The summed E-state index contributed by atoms with van der Waals surface area (Å²) in [7, 11) is 1.62. The van der Waals surface area contributed by atoms with Gasteiger partial charge in [0.05, 0.1) is 22.4 Å². The van der Waals surface area contributed by atoms with E-state index >= 15 is 0 Å². The van der Waals surface area contributed by atoms with Crippen LogP contribution in [0.4, 0.5) is 10.5 Å². The molecule has 114 valence electrons. The second-order valence-electron chi connectivity index (χ2n) is 4.74. The van der Waals surface area contributed by atoms with Crippen LogP contribution in [0.15, 0.2) is 12.1 Å². The molecule has 1 saturated carbocycles. The van der Waals surface area contributed by atoms with Crippen molar-refractivity contribution in [2.24, 2.45) is 0 Å². The molecule has 0 atom stereocenters. The Bertz CT molecular complexity index is 574. The summed E-state index contributed by atoms with van der Waals surface area (Å²) >= 11 is 11.7. The number of anilines is 1. The van der Waals surface area contributed by atoms with E-state index in [1.54, 1.807) is 7.11 Å². The molecule has 0 saturated heterocycles. The van der Waals surface area contributed by atoms with E-state index in [4.69, 9.17) is 33.0 Å². The largest absolute Gasteiger partial charge is 0.478 e. The highest BCUT2D eigenvalue weighted by Gasteiger charge is 2.30. The van der Waals surface area contributed by atoms with Crippen LogP contribution in [0.25, 0.3) is 0 Å². The molecule has 2 amide bonds. The van der Waals surface area contributed by atoms with Gasteiger partial charge in [0.25, 0.3) is 0 Å². The molecule has 6 nitrogen and oxygen atoms in total. The van der Waals surface area contributed by atoms with Crippen LogP contribution in [-0.2, 0) is 4.74 Å². The number of urea groups is 1. The molecule has 1 aromatic carbocycles.